The standard InChI is InChI=1S/C79H65BN4/c1-52(2)57-28-23-37-64(47-57)83-74-41-40-65(81(60-29-13-5-14-30-60)61-31-15-6-16-32-61)49-71(74)80-72-50-66(82(62-33-17-7-18-34-62)63-35-19-8-20-36-63)48-70-78(72)84(73-39-22-21-38-69(73)79(70)58-43-53-42-54(45-58)46-59(79)44-53)77-68(56-26-11-4-12-27-56)51-67(76(83)75(77)80)55-24-9-3-10-25-55/h3-41,47-54,58-59H,42-46H2,1-2H3. The molecule has 4 nitrogen and oxygen atoms in total. The van der Waals surface area contributed by atoms with Crippen LogP contribution >= 0.6 is 0 Å². The molecule has 404 valence electrons. The van der Waals surface area contributed by atoms with Gasteiger partial charge in [-0.3, -0.25) is 0 Å². The molecule has 0 amide bonds. The fraction of sp³-hybridized carbons (Fsp3) is 0.165. The van der Waals surface area contributed by atoms with Crippen LogP contribution in [0, 0.1) is 23.7 Å². The first-order valence-corrected chi connectivity index (χ1v) is 30.7. The summed E-state index contributed by atoms with van der Waals surface area (Å²) in [7, 11) is 0. The first-order chi connectivity index (χ1) is 41.5. The highest BCUT2D eigenvalue weighted by Gasteiger charge is 2.63. The Hall–Kier alpha value is -9.32. The van der Waals surface area contributed by atoms with E-state index in [2.05, 4.69) is 300 Å². The van der Waals surface area contributed by atoms with Crippen molar-refractivity contribution < 1.29 is 0 Å². The Kier molecular flexibility index (Phi) is 11.4. The van der Waals surface area contributed by atoms with E-state index in [1.165, 1.54) is 122 Å². The molecule has 5 heteroatoms. The Morgan fingerprint density at radius 1 is 0.381 bits per heavy atom. The van der Waals surface area contributed by atoms with Crippen molar-refractivity contribution in [3.8, 4) is 22.3 Å². The maximum absolute atomic E-state index is 2.82. The van der Waals surface area contributed by atoms with Crippen LogP contribution in [0.2, 0.25) is 0 Å². The Morgan fingerprint density at radius 2 is 0.869 bits per heavy atom. The largest absolute Gasteiger partial charge is 0.311 e. The van der Waals surface area contributed by atoms with Gasteiger partial charge in [-0.15, -0.1) is 0 Å². The van der Waals surface area contributed by atoms with E-state index < -0.39 is 0 Å². The molecule has 0 aromatic heterocycles. The summed E-state index contributed by atoms with van der Waals surface area (Å²) in [4.78, 5) is 10.5. The molecule has 3 aliphatic heterocycles. The summed E-state index contributed by atoms with van der Waals surface area (Å²) < 4.78 is 0. The molecule has 7 aliphatic rings. The monoisotopic (exact) mass is 1080 g/mol. The second-order valence-corrected chi connectivity index (χ2v) is 25.0. The first kappa shape index (κ1) is 49.3. The van der Waals surface area contributed by atoms with E-state index in [1.807, 2.05) is 0 Å². The minimum atomic E-state index is -0.202. The summed E-state index contributed by atoms with van der Waals surface area (Å²) in [6, 6.07) is 101. The fourth-order valence-corrected chi connectivity index (χ4v) is 17.2. The van der Waals surface area contributed by atoms with Crippen LogP contribution in [-0.2, 0) is 5.41 Å². The summed E-state index contributed by atoms with van der Waals surface area (Å²) in [6.07, 6.45) is 6.53. The third-order valence-corrected chi connectivity index (χ3v) is 20.3. The normalized spacial score (nSPS) is 19.9. The van der Waals surface area contributed by atoms with Gasteiger partial charge in [-0.2, -0.15) is 0 Å². The molecule has 0 atom stereocenters. The van der Waals surface area contributed by atoms with E-state index in [0.717, 1.165) is 46.0 Å². The quantitative estimate of drug-likeness (QED) is 0.127. The zero-order chi connectivity index (χ0) is 55.6. The zero-order valence-electron chi connectivity index (χ0n) is 47.7. The Balaban J connectivity index is 1.07. The van der Waals surface area contributed by atoms with Gasteiger partial charge < -0.3 is 19.6 Å². The van der Waals surface area contributed by atoms with Crippen molar-refractivity contribution >= 4 is 91.3 Å². The second kappa shape index (κ2) is 19.4. The highest BCUT2D eigenvalue weighted by atomic mass is 15.2. The molecule has 4 aliphatic carbocycles. The van der Waals surface area contributed by atoms with Gasteiger partial charge in [0.25, 0.3) is 6.71 Å². The molecule has 11 aromatic rings. The van der Waals surface area contributed by atoms with E-state index in [0.29, 0.717) is 17.8 Å². The highest BCUT2D eigenvalue weighted by molar-refractivity contribution is 7.00. The Labute approximate surface area is 495 Å². The Bertz CT molecular complexity index is 4210. The van der Waals surface area contributed by atoms with E-state index in [4.69, 9.17) is 0 Å². The smallest absolute Gasteiger partial charge is 0.252 e. The second-order valence-electron chi connectivity index (χ2n) is 25.0. The van der Waals surface area contributed by atoms with E-state index in [9.17, 15) is 0 Å². The number of para-hydroxylation sites is 5. The van der Waals surface area contributed by atoms with Crippen molar-refractivity contribution in [3.63, 3.8) is 0 Å². The van der Waals surface area contributed by atoms with Crippen molar-refractivity contribution in [2.24, 2.45) is 23.7 Å². The maximum atomic E-state index is 2.82. The van der Waals surface area contributed by atoms with Gasteiger partial charge in [-0.05, 0) is 209 Å². The molecule has 0 N–H and O–H groups in total. The van der Waals surface area contributed by atoms with Crippen LogP contribution < -0.4 is 36.0 Å². The lowest BCUT2D eigenvalue weighted by Gasteiger charge is -2.65. The average Bonchev–Trinajstić information content (AvgIpc) is 0.927. The molecule has 3 heterocycles. The predicted molar refractivity (Wildman–Crippen MR) is 353 cm³/mol. The lowest BCUT2D eigenvalue weighted by Crippen LogP contribution is -2.64. The summed E-state index contributed by atoms with van der Waals surface area (Å²) in [5.74, 6) is 2.98. The van der Waals surface area contributed by atoms with Crippen LogP contribution in [0.15, 0.2) is 267 Å². The van der Waals surface area contributed by atoms with Gasteiger partial charge in [0.15, 0.2) is 0 Å². The molecule has 18 rings (SSSR count). The number of anilines is 12. The number of fused-ring (bicyclic) bond motifs is 6. The van der Waals surface area contributed by atoms with Gasteiger partial charge in [0.2, 0.25) is 0 Å². The molecule has 4 fully saturated rings. The predicted octanol–water partition coefficient (Wildman–Crippen LogP) is 19.2. The molecule has 84 heavy (non-hydrogen) atoms. The summed E-state index contributed by atoms with van der Waals surface area (Å²) in [5.41, 5.74) is 27.5. The zero-order valence-corrected chi connectivity index (χ0v) is 47.7. The maximum Gasteiger partial charge on any atom is 0.252 e. The lowest BCUT2D eigenvalue weighted by molar-refractivity contribution is -0.0418. The number of nitrogens with zero attached hydrogens (tertiary/aromatic N) is 4. The molecule has 0 radical (unpaired) electrons. The number of rotatable bonds is 10. The minimum Gasteiger partial charge on any atom is -0.311 e. The van der Waals surface area contributed by atoms with Crippen LogP contribution in [0.25, 0.3) is 22.3 Å². The van der Waals surface area contributed by atoms with Crippen LogP contribution in [0.4, 0.5) is 68.2 Å². The van der Waals surface area contributed by atoms with Crippen molar-refractivity contribution in [2.75, 3.05) is 19.6 Å². The molecule has 0 saturated heterocycles. The van der Waals surface area contributed by atoms with Crippen molar-refractivity contribution in [3.05, 3.63) is 284 Å². The SMILES string of the molecule is CC(C)c1cccc(N2c3ccc(N(c4ccccc4)c4ccccc4)cc3B3c4cc(N(c5ccccc5)c5ccccc5)cc5c4N(c4ccccc4C54C5CC6CC(C5)CC4C6)c4c(-c5ccccc5)cc(-c5ccccc5)c2c43)c1. The van der Waals surface area contributed by atoms with Gasteiger partial charge in [-0.25, -0.2) is 0 Å². The lowest BCUT2D eigenvalue weighted by atomic mass is 9.32. The molecular weight excluding hydrogens is 1020 g/mol. The topological polar surface area (TPSA) is 13.0 Å². The molecule has 0 unspecified atom stereocenters. The van der Waals surface area contributed by atoms with Crippen LogP contribution in [0.3, 0.4) is 0 Å². The molecule has 11 aromatic carbocycles. The van der Waals surface area contributed by atoms with Crippen molar-refractivity contribution in [1.82, 2.24) is 0 Å². The molecule has 1 spiro atoms. The summed E-state index contributed by atoms with van der Waals surface area (Å²) in [5, 5.41) is 0. The van der Waals surface area contributed by atoms with E-state index in [-0.39, 0.29) is 12.1 Å². The van der Waals surface area contributed by atoms with Crippen LogP contribution in [-0.4, -0.2) is 6.71 Å². The third kappa shape index (κ3) is 7.40. The van der Waals surface area contributed by atoms with Crippen molar-refractivity contribution in [2.45, 2.75) is 57.3 Å². The van der Waals surface area contributed by atoms with Gasteiger partial charge in [-0.1, -0.05) is 178 Å². The molecular formula is C79H65BN4. The highest BCUT2D eigenvalue weighted by Crippen LogP contribution is 2.70. The minimum absolute atomic E-state index is 0.184. The number of hydrogen-bond acceptors (Lipinski definition) is 4. The fourth-order valence-electron chi connectivity index (χ4n) is 17.2. The van der Waals surface area contributed by atoms with Gasteiger partial charge >= 0.3 is 0 Å². The van der Waals surface area contributed by atoms with Gasteiger partial charge in [0.1, 0.15) is 0 Å². The molecule has 4 saturated carbocycles. The van der Waals surface area contributed by atoms with Crippen molar-refractivity contribution in [1.29, 1.82) is 0 Å². The Morgan fingerprint density at radius 3 is 1.42 bits per heavy atom. The number of hydrogen-bond donors (Lipinski definition) is 0. The summed E-state index contributed by atoms with van der Waals surface area (Å²) >= 11 is 0. The third-order valence-electron chi connectivity index (χ3n) is 20.3. The average molecular weight is 1080 g/mol. The van der Waals surface area contributed by atoms with E-state index >= 15 is 0 Å². The summed E-state index contributed by atoms with van der Waals surface area (Å²) in [6.45, 7) is 4.44. The van der Waals surface area contributed by atoms with Crippen LogP contribution in [0.1, 0.15) is 68.6 Å². The van der Waals surface area contributed by atoms with E-state index in [1.54, 1.807) is 0 Å². The molecule has 4 bridgehead atoms. The number of benzene rings is 11. The van der Waals surface area contributed by atoms with Gasteiger partial charge in [0.05, 0.1) is 17.1 Å². The van der Waals surface area contributed by atoms with Gasteiger partial charge in [0, 0.05) is 67.7 Å². The first-order valence-electron chi connectivity index (χ1n) is 30.7. The van der Waals surface area contributed by atoms with Crippen LogP contribution in [0.5, 0.6) is 0 Å².